The van der Waals surface area contributed by atoms with E-state index >= 15 is 0 Å². The zero-order valence-corrected chi connectivity index (χ0v) is 13.9. The van der Waals surface area contributed by atoms with Crippen LogP contribution >= 0.6 is 11.6 Å². The Morgan fingerprint density at radius 2 is 1.73 bits per heavy atom. The minimum absolute atomic E-state index is 0.0818. The molecular weight excluding hydrogens is 294 g/mol. The Labute approximate surface area is 137 Å². The summed E-state index contributed by atoms with van der Waals surface area (Å²) in [6, 6.07) is 16.1. The standard InChI is InChI=1S/C19H22ClNO/c1-3-18(16-9-4-14(2)5-10-16)21-19(22)13-8-15-6-11-17(20)12-7-15/h4-7,9-12,18H,3,8,13H2,1-2H3,(H,21,22)/t18-/m1/s1. The summed E-state index contributed by atoms with van der Waals surface area (Å²) in [6.45, 7) is 4.15. The van der Waals surface area contributed by atoms with E-state index in [1.807, 2.05) is 24.3 Å². The molecule has 0 aromatic heterocycles. The number of rotatable bonds is 6. The molecule has 0 saturated heterocycles. The van der Waals surface area contributed by atoms with E-state index in [-0.39, 0.29) is 11.9 Å². The zero-order chi connectivity index (χ0) is 15.9. The van der Waals surface area contributed by atoms with E-state index in [9.17, 15) is 4.79 Å². The molecule has 0 aliphatic carbocycles. The van der Waals surface area contributed by atoms with Crippen molar-refractivity contribution in [2.45, 2.75) is 39.2 Å². The van der Waals surface area contributed by atoms with Gasteiger partial charge in [-0.1, -0.05) is 60.5 Å². The second-order valence-electron chi connectivity index (χ2n) is 5.57. The van der Waals surface area contributed by atoms with Crippen LogP contribution in [0.4, 0.5) is 0 Å². The van der Waals surface area contributed by atoms with Crippen LogP contribution in [0.3, 0.4) is 0 Å². The van der Waals surface area contributed by atoms with Gasteiger partial charge < -0.3 is 5.32 Å². The first-order valence-electron chi connectivity index (χ1n) is 7.69. The van der Waals surface area contributed by atoms with Crippen LogP contribution in [0.15, 0.2) is 48.5 Å². The number of carbonyl (C=O) groups is 1. The zero-order valence-electron chi connectivity index (χ0n) is 13.1. The van der Waals surface area contributed by atoms with Gasteiger partial charge in [-0.2, -0.15) is 0 Å². The Hall–Kier alpha value is -1.80. The SMILES string of the molecule is CC[C@@H](NC(=O)CCc1ccc(Cl)cc1)c1ccc(C)cc1. The maximum Gasteiger partial charge on any atom is 0.220 e. The number of hydrogen-bond donors (Lipinski definition) is 1. The van der Waals surface area contributed by atoms with Crippen molar-refractivity contribution in [1.29, 1.82) is 0 Å². The highest BCUT2D eigenvalue weighted by molar-refractivity contribution is 6.30. The molecule has 22 heavy (non-hydrogen) atoms. The van der Waals surface area contributed by atoms with Crippen LogP contribution in [0.2, 0.25) is 5.02 Å². The summed E-state index contributed by atoms with van der Waals surface area (Å²) >= 11 is 5.86. The summed E-state index contributed by atoms with van der Waals surface area (Å²) < 4.78 is 0. The number of carbonyl (C=O) groups excluding carboxylic acids is 1. The largest absolute Gasteiger partial charge is 0.349 e. The van der Waals surface area contributed by atoms with E-state index in [1.54, 1.807) is 0 Å². The average molecular weight is 316 g/mol. The number of nitrogens with one attached hydrogen (secondary N) is 1. The van der Waals surface area contributed by atoms with Gasteiger partial charge in [0, 0.05) is 11.4 Å². The molecule has 1 amide bonds. The molecule has 3 heteroatoms. The maximum absolute atomic E-state index is 12.2. The van der Waals surface area contributed by atoms with Gasteiger partial charge >= 0.3 is 0 Å². The molecule has 116 valence electrons. The molecular formula is C19H22ClNO. The number of amides is 1. The number of halogens is 1. The van der Waals surface area contributed by atoms with Crippen LogP contribution in [0.25, 0.3) is 0 Å². The van der Waals surface area contributed by atoms with Gasteiger partial charge in [-0.05, 0) is 43.0 Å². The van der Waals surface area contributed by atoms with Gasteiger partial charge in [0.15, 0.2) is 0 Å². The Kier molecular flexibility index (Phi) is 6.02. The normalized spacial score (nSPS) is 12.0. The lowest BCUT2D eigenvalue weighted by Gasteiger charge is -2.17. The average Bonchev–Trinajstić information content (AvgIpc) is 2.53. The minimum Gasteiger partial charge on any atom is -0.349 e. The van der Waals surface area contributed by atoms with Gasteiger partial charge in [0.25, 0.3) is 0 Å². The number of benzene rings is 2. The number of aryl methyl sites for hydroxylation is 2. The second-order valence-corrected chi connectivity index (χ2v) is 6.00. The van der Waals surface area contributed by atoms with Gasteiger partial charge in [0.2, 0.25) is 5.91 Å². The van der Waals surface area contributed by atoms with Gasteiger partial charge in [0.05, 0.1) is 6.04 Å². The highest BCUT2D eigenvalue weighted by Gasteiger charge is 2.12. The topological polar surface area (TPSA) is 29.1 Å². The molecule has 0 heterocycles. The fraction of sp³-hybridized carbons (Fsp3) is 0.316. The van der Waals surface area contributed by atoms with Gasteiger partial charge in [-0.15, -0.1) is 0 Å². The van der Waals surface area contributed by atoms with E-state index < -0.39 is 0 Å². The van der Waals surface area contributed by atoms with Crippen molar-refractivity contribution in [3.05, 3.63) is 70.2 Å². The smallest absolute Gasteiger partial charge is 0.220 e. The molecule has 2 aromatic rings. The van der Waals surface area contributed by atoms with Crippen molar-refractivity contribution in [2.75, 3.05) is 0 Å². The highest BCUT2D eigenvalue weighted by Crippen LogP contribution is 2.17. The molecule has 0 bridgehead atoms. The van der Waals surface area contributed by atoms with Crippen LogP contribution in [0.5, 0.6) is 0 Å². The first-order valence-corrected chi connectivity index (χ1v) is 8.06. The van der Waals surface area contributed by atoms with E-state index in [2.05, 4.69) is 43.4 Å². The molecule has 0 radical (unpaired) electrons. The van der Waals surface area contributed by atoms with Crippen LogP contribution in [0.1, 0.15) is 42.5 Å². The molecule has 0 unspecified atom stereocenters. The van der Waals surface area contributed by atoms with E-state index in [4.69, 9.17) is 11.6 Å². The summed E-state index contributed by atoms with van der Waals surface area (Å²) in [5.74, 6) is 0.0855. The third-order valence-electron chi connectivity index (χ3n) is 3.78. The molecule has 0 saturated carbocycles. The minimum atomic E-state index is 0.0818. The molecule has 2 aromatic carbocycles. The van der Waals surface area contributed by atoms with Gasteiger partial charge in [0.1, 0.15) is 0 Å². The molecule has 0 aliphatic rings. The van der Waals surface area contributed by atoms with Crippen molar-refractivity contribution in [2.24, 2.45) is 0 Å². The van der Waals surface area contributed by atoms with Crippen LogP contribution < -0.4 is 5.32 Å². The van der Waals surface area contributed by atoms with Crippen molar-refractivity contribution < 1.29 is 4.79 Å². The molecule has 1 atom stereocenters. The Morgan fingerprint density at radius 3 is 2.32 bits per heavy atom. The summed E-state index contributed by atoms with van der Waals surface area (Å²) in [6.07, 6.45) is 2.10. The van der Waals surface area contributed by atoms with E-state index in [0.717, 1.165) is 29.0 Å². The van der Waals surface area contributed by atoms with E-state index in [1.165, 1.54) is 5.56 Å². The fourth-order valence-corrected chi connectivity index (χ4v) is 2.52. The predicted molar refractivity (Wildman–Crippen MR) is 92.1 cm³/mol. The third kappa shape index (κ3) is 4.88. The number of hydrogen-bond acceptors (Lipinski definition) is 1. The van der Waals surface area contributed by atoms with Gasteiger partial charge in [-0.25, -0.2) is 0 Å². The molecule has 1 N–H and O–H groups in total. The van der Waals surface area contributed by atoms with Gasteiger partial charge in [-0.3, -0.25) is 4.79 Å². The fourth-order valence-electron chi connectivity index (χ4n) is 2.40. The second kappa shape index (κ2) is 8.00. The van der Waals surface area contributed by atoms with E-state index in [0.29, 0.717) is 6.42 Å². The molecule has 0 aliphatic heterocycles. The first kappa shape index (κ1) is 16.6. The lowest BCUT2D eigenvalue weighted by Crippen LogP contribution is -2.28. The predicted octanol–water partition coefficient (Wildman–Crippen LogP) is 4.85. The highest BCUT2D eigenvalue weighted by atomic mass is 35.5. The summed E-state index contributed by atoms with van der Waals surface area (Å²) in [5.41, 5.74) is 3.52. The first-order chi connectivity index (χ1) is 10.6. The van der Waals surface area contributed by atoms with Crippen molar-refractivity contribution in [1.82, 2.24) is 5.32 Å². The molecule has 0 fully saturated rings. The Bertz CT molecular complexity index is 604. The Morgan fingerprint density at radius 1 is 1.09 bits per heavy atom. The van der Waals surface area contributed by atoms with Crippen LogP contribution in [-0.4, -0.2) is 5.91 Å². The summed E-state index contributed by atoms with van der Waals surface area (Å²) in [7, 11) is 0. The monoisotopic (exact) mass is 315 g/mol. The summed E-state index contributed by atoms with van der Waals surface area (Å²) in [5, 5.41) is 3.84. The Balaban J connectivity index is 1.89. The van der Waals surface area contributed by atoms with Crippen LogP contribution in [-0.2, 0) is 11.2 Å². The maximum atomic E-state index is 12.2. The lowest BCUT2D eigenvalue weighted by molar-refractivity contribution is -0.121. The van der Waals surface area contributed by atoms with Crippen molar-refractivity contribution in [3.8, 4) is 0 Å². The third-order valence-corrected chi connectivity index (χ3v) is 4.03. The molecule has 2 rings (SSSR count). The van der Waals surface area contributed by atoms with Crippen molar-refractivity contribution >= 4 is 17.5 Å². The molecule has 0 spiro atoms. The lowest BCUT2D eigenvalue weighted by atomic mass is 10.0. The molecule has 2 nitrogen and oxygen atoms in total. The quantitative estimate of drug-likeness (QED) is 0.811. The van der Waals surface area contributed by atoms with Crippen molar-refractivity contribution in [3.63, 3.8) is 0 Å². The van der Waals surface area contributed by atoms with Crippen LogP contribution in [0, 0.1) is 6.92 Å². The summed E-state index contributed by atoms with van der Waals surface area (Å²) in [4.78, 5) is 12.2.